The number of ether oxygens (including phenoxy) is 2. The highest BCUT2D eigenvalue weighted by Crippen LogP contribution is 2.25. The maximum absolute atomic E-state index is 12.2. The molecule has 2 aliphatic rings. The van der Waals surface area contributed by atoms with Gasteiger partial charge in [0.1, 0.15) is 0 Å². The second kappa shape index (κ2) is 7.90. The van der Waals surface area contributed by atoms with Gasteiger partial charge >= 0.3 is 0 Å². The van der Waals surface area contributed by atoms with Crippen molar-refractivity contribution >= 4 is 11.6 Å². The number of piperidine rings is 1. The second-order valence-electron chi connectivity index (χ2n) is 6.33. The molecule has 1 N–H and O–H groups in total. The fourth-order valence-electron chi connectivity index (χ4n) is 3.30. The predicted octanol–water partition coefficient (Wildman–Crippen LogP) is 2.27. The quantitative estimate of drug-likeness (QED) is 0.905. The minimum absolute atomic E-state index is 0.0252. The highest BCUT2D eigenvalue weighted by atomic mass is 16.7. The van der Waals surface area contributed by atoms with Crippen LogP contribution in [0.3, 0.4) is 0 Å². The lowest BCUT2D eigenvalue weighted by atomic mass is 9.96. The minimum Gasteiger partial charge on any atom is -0.350 e. The van der Waals surface area contributed by atoms with Crippen LogP contribution in [-0.2, 0) is 20.7 Å². The van der Waals surface area contributed by atoms with E-state index in [1.807, 2.05) is 18.2 Å². The summed E-state index contributed by atoms with van der Waals surface area (Å²) in [6, 6.07) is 8.05. The van der Waals surface area contributed by atoms with Gasteiger partial charge in [-0.3, -0.25) is 9.69 Å². The third-order valence-corrected chi connectivity index (χ3v) is 4.65. The third kappa shape index (κ3) is 4.53. The summed E-state index contributed by atoms with van der Waals surface area (Å²) in [5.41, 5.74) is 2.12. The van der Waals surface area contributed by atoms with E-state index in [4.69, 9.17) is 9.47 Å². The van der Waals surface area contributed by atoms with Gasteiger partial charge in [-0.15, -0.1) is 0 Å². The molecule has 0 atom stereocenters. The zero-order valence-corrected chi connectivity index (χ0v) is 13.8. The highest BCUT2D eigenvalue weighted by molar-refractivity contribution is 5.92. The number of aryl methyl sites for hydroxylation is 1. The van der Waals surface area contributed by atoms with Crippen LogP contribution in [0.2, 0.25) is 0 Å². The molecule has 1 aromatic rings. The summed E-state index contributed by atoms with van der Waals surface area (Å²) in [6.45, 7) is 5.85. The molecule has 0 unspecified atom stereocenters. The molecular formula is C18H26N2O3. The van der Waals surface area contributed by atoms with Gasteiger partial charge in [0, 0.05) is 11.6 Å². The van der Waals surface area contributed by atoms with Gasteiger partial charge in [-0.25, -0.2) is 0 Å². The van der Waals surface area contributed by atoms with Crippen LogP contribution in [0, 0.1) is 5.92 Å². The number of rotatable bonds is 5. The van der Waals surface area contributed by atoms with Gasteiger partial charge in [-0.1, -0.05) is 19.1 Å². The van der Waals surface area contributed by atoms with Crippen molar-refractivity contribution in [1.82, 2.24) is 4.90 Å². The highest BCUT2D eigenvalue weighted by Gasteiger charge is 2.30. The van der Waals surface area contributed by atoms with Crippen molar-refractivity contribution < 1.29 is 14.3 Å². The van der Waals surface area contributed by atoms with Crippen LogP contribution in [0.25, 0.3) is 0 Å². The zero-order valence-electron chi connectivity index (χ0n) is 13.8. The van der Waals surface area contributed by atoms with Crippen LogP contribution >= 0.6 is 0 Å². The lowest BCUT2D eigenvalue weighted by Gasteiger charge is -2.33. The summed E-state index contributed by atoms with van der Waals surface area (Å²) in [5, 5.41) is 3.00. The molecule has 0 radical (unpaired) electrons. The maximum atomic E-state index is 12.2. The number of hydrogen-bond donors (Lipinski definition) is 1. The van der Waals surface area contributed by atoms with Crippen LogP contribution in [-0.4, -0.2) is 49.9 Å². The van der Waals surface area contributed by atoms with Crippen molar-refractivity contribution in [3.8, 4) is 0 Å². The van der Waals surface area contributed by atoms with Crippen LogP contribution in [0.1, 0.15) is 25.3 Å². The van der Waals surface area contributed by atoms with E-state index >= 15 is 0 Å². The van der Waals surface area contributed by atoms with Crippen molar-refractivity contribution in [1.29, 1.82) is 0 Å². The smallest absolute Gasteiger partial charge is 0.238 e. The third-order valence-electron chi connectivity index (χ3n) is 4.65. The molecule has 23 heavy (non-hydrogen) atoms. The molecule has 3 rings (SSSR count). The van der Waals surface area contributed by atoms with Crippen molar-refractivity contribution in [3.05, 3.63) is 29.8 Å². The summed E-state index contributed by atoms with van der Waals surface area (Å²) in [6.07, 6.45) is 3.01. The van der Waals surface area contributed by atoms with Crippen molar-refractivity contribution in [3.63, 3.8) is 0 Å². The Morgan fingerprint density at radius 2 is 2.00 bits per heavy atom. The van der Waals surface area contributed by atoms with Crippen molar-refractivity contribution in [2.75, 3.05) is 38.2 Å². The van der Waals surface area contributed by atoms with E-state index in [1.54, 1.807) is 0 Å². The van der Waals surface area contributed by atoms with Crippen LogP contribution in [0.4, 0.5) is 5.69 Å². The van der Waals surface area contributed by atoms with E-state index in [0.717, 1.165) is 38.0 Å². The van der Waals surface area contributed by atoms with E-state index in [1.165, 1.54) is 5.56 Å². The van der Waals surface area contributed by atoms with Gasteiger partial charge in [0.25, 0.3) is 0 Å². The Balaban J connectivity index is 1.43. The number of amides is 1. The Morgan fingerprint density at radius 3 is 2.70 bits per heavy atom. The lowest BCUT2D eigenvalue weighted by Crippen LogP contribution is -2.41. The Hall–Kier alpha value is -1.43. The first-order valence-electron chi connectivity index (χ1n) is 8.59. The molecule has 2 heterocycles. The SMILES string of the molecule is CCc1cccc(NC(=O)CN2CCC(C3OCCO3)CC2)c1. The molecule has 0 spiro atoms. The number of carbonyl (C=O) groups is 1. The Labute approximate surface area is 137 Å². The molecule has 1 aromatic carbocycles. The molecule has 126 valence electrons. The van der Waals surface area contributed by atoms with Gasteiger partial charge in [0.15, 0.2) is 6.29 Å². The fourth-order valence-corrected chi connectivity index (χ4v) is 3.30. The predicted molar refractivity (Wildman–Crippen MR) is 89.3 cm³/mol. The average Bonchev–Trinajstić information content (AvgIpc) is 3.10. The lowest BCUT2D eigenvalue weighted by molar-refractivity contribution is -0.119. The Bertz CT molecular complexity index is 521. The van der Waals surface area contributed by atoms with Crippen molar-refractivity contribution in [2.24, 2.45) is 5.92 Å². The molecule has 0 aromatic heterocycles. The van der Waals surface area contributed by atoms with E-state index in [0.29, 0.717) is 25.7 Å². The van der Waals surface area contributed by atoms with Gasteiger partial charge < -0.3 is 14.8 Å². The standard InChI is InChI=1S/C18H26N2O3/c1-2-14-4-3-5-16(12-14)19-17(21)13-20-8-6-15(7-9-20)18-22-10-11-23-18/h3-5,12,15,18H,2,6-11,13H2,1H3,(H,19,21). The molecule has 0 saturated carbocycles. The molecule has 1 amide bonds. The fraction of sp³-hybridized carbons (Fsp3) is 0.611. The molecule has 5 nitrogen and oxygen atoms in total. The van der Waals surface area contributed by atoms with E-state index in [9.17, 15) is 4.79 Å². The summed E-state index contributed by atoms with van der Waals surface area (Å²) >= 11 is 0. The van der Waals surface area contributed by atoms with Gasteiger partial charge in [0.2, 0.25) is 5.91 Å². The maximum Gasteiger partial charge on any atom is 0.238 e. The summed E-state index contributed by atoms with van der Waals surface area (Å²) in [7, 11) is 0. The van der Waals surface area contributed by atoms with Gasteiger partial charge in [-0.05, 0) is 50.0 Å². The molecule has 2 fully saturated rings. The normalized spacial score (nSPS) is 20.7. The molecule has 2 aliphatic heterocycles. The summed E-state index contributed by atoms with van der Waals surface area (Å²) < 4.78 is 11.2. The van der Waals surface area contributed by atoms with E-state index in [-0.39, 0.29) is 12.2 Å². The van der Waals surface area contributed by atoms with Crippen LogP contribution in [0.15, 0.2) is 24.3 Å². The minimum atomic E-state index is -0.0252. The van der Waals surface area contributed by atoms with Crippen LogP contribution < -0.4 is 5.32 Å². The second-order valence-corrected chi connectivity index (χ2v) is 6.33. The van der Waals surface area contributed by atoms with Crippen LogP contribution in [0.5, 0.6) is 0 Å². The number of nitrogens with zero attached hydrogens (tertiary/aromatic N) is 1. The molecule has 2 saturated heterocycles. The zero-order chi connectivity index (χ0) is 16.1. The van der Waals surface area contributed by atoms with Crippen molar-refractivity contribution in [2.45, 2.75) is 32.5 Å². The number of anilines is 1. The first kappa shape index (κ1) is 16.4. The topological polar surface area (TPSA) is 50.8 Å². The van der Waals surface area contributed by atoms with E-state index < -0.39 is 0 Å². The Kier molecular flexibility index (Phi) is 5.65. The van der Waals surface area contributed by atoms with Gasteiger partial charge in [-0.2, -0.15) is 0 Å². The summed E-state index contributed by atoms with van der Waals surface area (Å²) in [4.78, 5) is 14.4. The first-order valence-corrected chi connectivity index (χ1v) is 8.59. The largest absolute Gasteiger partial charge is 0.350 e. The number of likely N-dealkylation sites (tertiary alicyclic amines) is 1. The molecule has 0 bridgehead atoms. The number of benzene rings is 1. The van der Waals surface area contributed by atoms with E-state index in [2.05, 4.69) is 23.2 Å². The first-order chi connectivity index (χ1) is 11.2. The molecule has 0 aliphatic carbocycles. The van der Waals surface area contributed by atoms with Gasteiger partial charge in [0.05, 0.1) is 19.8 Å². The number of carbonyl (C=O) groups excluding carboxylic acids is 1. The summed E-state index contributed by atoms with van der Waals surface area (Å²) in [5.74, 6) is 0.531. The number of nitrogens with one attached hydrogen (secondary N) is 1. The number of hydrogen-bond acceptors (Lipinski definition) is 4. The molecular weight excluding hydrogens is 292 g/mol. The average molecular weight is 318 g/mol. The molecule has 5 heteroatoms. The Morgan fingerprint density at radius 1 is 1.26 bits per heavy atom. The monoisotopic (exact) mass is 318 g/mol.